The monoisotopic (exact) mass is 391 g/mol. The number of hydrogen-bond acceptors (Lipinski definition) is 7. The summed E-state index contributed by atoms with van der Waals surface area (Å²) in [6.07, 6.45) is 0. The summed E-state index contributed by atoms with van der Waals surface area (Å²) in [5, 5.41) is 12.2. The first-order valence-electron chi connectivity index (χ1n) is 7.98. The van der Waals surface area contributed by atoms with Crippen molar-refractivity contribution in [2.45, 2.75) is 23.6 Å². The van der Waals surface area contributed by atoms with Crippen molar-refractivity contribution in [3.63, 3.8) is 0 Å². The highest BCUT2D eigenvalue weighted by Gasteiger charge is 2.11. The summed E-state index contributed by atoms with van der Waals surface area (Å²) >= 11 is 1.32. The number of carbonyl (C=O) groups is 2. The number of rotatable bonds is 8. The zero-order valence-electron chi connectivity index (χ0n) is 14.8. The number of Topliss-reactive ketones (excluding diaryl/α,β-unsaturated/α-hetero) is 1. The minimum Gasteiger partial charge on any atom is -0.488 e. The van der Waals surface area contributed by atoms with Gasteiger partial charge in [-0.2, -0.15) is 0 Å². The highest BCUT2D eigenvalue weighted by Crippen LogP contribution is 2.31. The molecule has 0 atom stereocenters. The number of oxime groups is 1. The molecule has 0 radical (unpaired) electrons. The Morgan fingerprint density at radius 1 is 1.11 bits per heavy atom. The maximum atomic E-state index is 14.0. The van der Waals surface area contributed by atoms with Gasteiger partial charge in [0.05, 0.1) is 6.61 Å². The Labute approximate surface area is 160 Å². The third kappa shape index (κ3) is 6.19. The molecule has 0 aliphatic carbocycles. The first-order chi connectivity index (χ1) is 12.9. The van der Waals surface area contributed by atoms with E-state index >= 15 is 0 Å². The van der Waals surface area contributed by atoms with E-state index in [9.17, 15) is 14.0 Å². The molecule has 2 aromatic carbocycles. The maximum Gasteiger partial charge on any atom is 0.331 e. The molecule has 0 aliphatic rings. The zero-order valence-corrected chi connectivity index (χ0v) is 15.6. The summed E-state index contributed by atoms with van der Waals surface area (Å²) in [5.74, 6) is -1.40. The predicted octanol–water partition coefficient (Wildman–Crippen LogP) is 3.47. The highest BCUT2D eigenvalue weighted by atomic mass is 32.2. The van der Waals surface area contributed by atoms with E-state index < -0.39 is 11.8 Å². The summed E-state index contributed by atoms with van der Waals surface area (Å²) in [6, 6.07) is 11.2. The molecule has 0 aromatic heterocycles. The van der Waals surface area contributed by atoms with Crippen LogP contribution in [0, 0.1) is 5.82 Å². The SMILES string of the molecule is CC(=O)O/N=C(\C)C(=O)c1ccc(Sc2ccc(OCCO)c(F)c2)cc1. The average Bonchev–Trinajstić information content (AvgIpc) is 2.65. The minimum absolute atomic E-state index is 0.0269. The minimum atomic E-state index is -0.603. The number of ketones is 1. The molecule has 0 amide bonds. The smallest absolute Gasteiger partial charge is 0.331 e. The van der Waals surface area contributed by atoms with Crippen molar-refractivity contribution in [3.05, 3.63) is 53.8 Å². The number of carbonyl (C=O) groups excluding carboxylic acids is 2. The van der Waals surface area contributed by atoms with E-state index in [1.165, 1.54) is 37.7 Å². The predicted molar refractivity (Wildman–Crippen MR) is 98.8 cm³/mol. The second kappa shape index (κ2) is 9.84. The van der Waals surface area contributed by atoms with E-state index in [2.05, 4.69) is 9.99 Å². The Morgan fingerprint density at radius 3 is 2.37 bits per heavy atom. The van der Waals surface area contributed by atoms with Gasteiger partial charge >= 0.3 is 5.97 Å². The molecule has 142 valence electrons. The lowest BCUT2D eigenvalue weighted by atomic mass is 10.1. The lowest BCUT2D eigenvalue weighted by Gasteiger charge is -2.08. The molecule has 0 saturated carbocycles. The molecule has 0 unspecified atom stereocenters. The Morgan fingerprint density at radius 2 is 1.78 bits per heavy atom. The Hall–Kier alpha value is -2.71. The third-order valence-electron chi connectivity index (χ3n) is 3.24. The van der Waals surface area contributed by atoms with Crippen LogP contribution in [0.2, 0.25) is 0 Å². The van der Waals surface area contributed by atoms with Crippen LogP contribution in [0.1, 0.15) is 24.2 Å². The van der Waals surface area contributed by atoms with E-state index in [4.69, 9.17) is 9.84 Å². The van der Waals surface area contributed by atoms with Crippen molar-refractivity contribution in [1.82, 2.24) is 0 Å². The molecule has 0 spiro atoms. The van der Waals surface area contributed by atoms with Crippen LogP contribution in [0.5, 0.6) is 5.75 Å². The number of aliphatic hydroxyl groups excluding tert-OH is 1. The molecule has 27 heavy (non-hydrogen) atoms. The normalized spacial score (nSPS) is 11.2. The molecule has 0 fully saturated rings. The van der Waals surface area contributed by atoms with Gasteiger partial charge in [-0.15, -0.1) is 0 Å². The Kier molecular flexibility index (Phi) is 7.51. The van der Waals surface area contributed by atoms with Crippen LogP contribution in [-0.4, -0.2) is 35.8 Å². The summed E-state index contributed by atoms with van der Waals surface area (Å²) in [4.78, 5) is 28.8. The molecule has 0 saturated heterocycles. The second-order valence-electron chi connectivity index (χ2n) is 5.38. The standard InChI is InChI=1S/C19H18FNO5S/c1-12(21-26-13(2)23)19(24)14-3-5-15(6-4-14)27-16-7-8-18(17(20)11-16)25-10-9-22/h3-8,11,22H,9-10H2,1-2H3/b21-12+. The van der Waals surface area contributed by atoms with Gasteiger partial charge in [0.15, 0.2) is 11.6 Å². The van der Waals surface area contributed by atoms with Gasteiger partial charge in [0.1, 0.15) is 12.3 Å². The number of benzene rings is 2. The van der Waals surface area contributed by atoms with Gasteiger partial charge in [0.25, 0.3) is 0 Å². The molecular formula is C19H18FNO5S. The summed E-state index contributed by atoms with van der Waals surface area (Å²) in [7, 11) is 0. The van der Waals surface area contributed by atoms with Crippen molar-refractivity contribution in [3.8, 4) is 5.75 Å². The van der Waals surface area contributed by atoms with Gasteiger partial charge in [0, 0.05) is 22.3 Å². The zero-order chi connectivity index (χ0) is 19.8. The summed E-state index contributed by atoms with van der Waals surface area (Å²) < 4.78 is 19.0. The Bertz CT molecular complexity index is 852. The number of ether oxygens (including phenoxy) is 1. The van der Waals surface area contributed by atoms with Crippen molar-refractivity contribution in [2.75, 3.05) is 13.2 Å². The van der Waals surface area contributed by atoms with E-state index in [0.717, 1.165) is 4.90 Å². The summed E-state index contributed by atoms with van der Waals surface area (Å²) in [5.41, 5.74) is 0.456. The lowest BCUT2D eigenvalue weighted by molar-refractivity contribution is -0.140. The third-order valence-corrected chi connectivity index (χ3v) is 4.24. The van der Waals surface area contributed by atoms with Crippen LogP contribution in [-0.2, 0) is 9.63 Å². The first-order valence-corrected chi connectivity index (χ1v) is 8.80. The van der Waals surface area contributed by atoms with Gasteiger partial charge in [-0.05, 0) is 49.4 Å². The van der Waals surface area contributed by atoms with Gasteiger partial charge in [0.2, 0.25) is 5.78 Å². The second-order valence-corrected chi connectivity index (χ2v) is 6.53. The molecule has 2 rings (SSSR count). The van der Waals surface area contributed by atoms with E-state index in [0.29, 0.717) is 10.5 Å². The molecular weight excluding hydrogens is 373 g/mol. The fourth-order valence-corrected chi connectivity index (χ4v) is 2.85. The van der Waals surface area contributed by atoms with Crippen LogP contribution < -0.4 is 4.74 Å². The van der Waals surface area contributed by atoms with Crippen molar-refractivity contribution in [2.24, 2.45) is 5.16 Å². The number of aliphatic hydroxyl groups is 1. The van der Waals surface area contributed by atoms with Crippen molar-refractivity contribution < 1.29 is 28.7 Å². The number of nitrogens with zero attached hydrogens (tertiary/aromatic N) is 1. The van der Waals surface area contributed by atoms with Gasteiger partial charge in [-0.25, -0.2) is 9.18 Å². The fraction of sp³-hybridized carbons (Fsp3) is 0.211. The van der Waals surface area contributed by atoms with E-state index in [1.807, 2.05) is 0 Å². The number of halogens is 1. The molecule has 6 nitrogen and oxygen atoms in total. The van der Waals surface area contributed by atoms with Crippen molar-refractivity contribution in [1.29, 1.82) is 0 Å². The Balaban J connectivity index is 2.05. The maximum absolute atomic E-state index is 14.0. The number of hydrogen-bond donors (Lipinski definition) is 1. The van der Waals surface area contributed by atoms with Crippen LogP contribution >= 0.6 is 11.8 Å². The first kappa shape index (κ1) is 20.6. The topological polar surface area (TPSA) is 85.2 Å². The van der Waals surface area contributed by atoms with Gasteiger partial charge in [-0.1, -0.05) is 16.9 Å². The van der Waals surface area contributed by atoms with Gasteiger partial charge in [-0.3, -0.25) is 4.79 Å². The molecule has 0 heterocycles. The lowest BCUT2D eigenvalue weighted by Crippen LogP contribution is -2.11. The largest absolute Gasteiger partial charge is 0.488 e. The van der Waals surface area contributed by atoms with E-state index in [-0.39, 0.29) is 30.5 Å². The van der Waals surface area contributed by atoms with Crippen LogP contribution in [0.25, 0.3) is 0 Å². The molecule has 0 aliphatic heterocycles. The molecule has 1 N–H and O–H groups in total. The molecule has 8 heteroatoms. The highest BCUT2D eigenvalue weighted by molar-refractivity contribution is 7.99. The molecule has 2 aromatic rings. The van der Waals surface area contributed by atoms with Crippen LogP contribution in [0.3, 0.4) is 0 Å². The van der Waals surface area contributed by atoms with E-state index in [1.54, 1.807) is 30.3 Å². The fourth-order valence-electron chi connectivity index (χ4n) is 2.01. The summed E-state index contributed by atoms with van der Waals surface area (Å²) in [6.45, 7) is 2.49. The van der Waals surface area contributed by atoms with Crippen LogP contribution in [0.15, 0.2) is 57.4 Å². The molecule has 0 bridgehead atoms. The average molecular weight is 391 g/mol. The van der Waals surface area contributed by atoms with Gasteiger partial charge < -0.3 is 14.7 Å². The van der Waals surface area contributed by atoms with Crippen molar-refractivity contribution >= 4 is 29.2 Å². The van der Waals surface area contributed by atoms with Crippen LogP contribution in [0.4, 0.5) is 4.39 Å². The quantitative estimate of drug-likeness (QED) is 0.321.